The SMILES string of the molecule is CN(C)Cc1ccc(-c2cnc(N)c(-c3nnnn3-c3c(F)ccc(F)c3F)c2)cc1. The Hall–Kier alpha value is -3.79. The number of aromatic nitrogens is 5. The molecule has 0 bridgehead atoms. The fourth-order valence-corrected chi connectivity index (χ4v) is 3.20. The molecule has 0 saturated heterocycles. The first-order chi connectivity index (χ1) is 14.8. The number of nitrogen functional groups attached to an aromatic ring is 1. The molecule has 2 heterocycles. The predicted octanol–water partition coefficient (Wildman–Crippen LogP) is 3.45. The van der Waals surface area contributed by atoms with Gasteiger partial charge >= 0.3 is 0 Å². The highest BCUT2D eigenvalue weighted by molar-refractivity contribution is 5.76. The number of hydrogen-bond acceptors (Lipinski definition) is 6. The number of nitrogens with two attached hydrogens (primary N) is 1. The van der Waals surface area contributed by atoms with Gasteiger partial charge in [0, 0.05) is 18.3 Å². The number of pyridine rings is 1. The molecule has 7 nitrogen and oxygen atoms in total. The fraction of sp³-hybridized carbons (Fsp3) is 0.143. The van der Waals surface area contributed by atoms with Gasteiger partial charge in [-0.05, 0) is 53.8 Å². The number of anilines is 1. The van der Waals surface area contributed by atoms with Crippen LogP contribution in [-0.2, 0) is 6.54 Å². The molecule has 4 rings (SSSR count). The van der Waals surface area contributed by atoms with E-state index in [-0.39, 0.29) is 17.2 Å². The van der Waals surface area contributed by atoms with Gasteiger partial charge in [-0.15, -0.1) is 5.10 Å². The molecule has 10 heteroatoms. The molecule has 0 unspecified atom stereocenters. The smallest absolute Gasteiger partial charge is 0.191 e. The summed E-state index contributed by atoms with van der Waals surface area (Å²) in [6.07, 6.45) is 1.58. The van der Waals surface area contributed by atoms with Gasteiger partial charge in [0.25, 0.3) is 0 Å². The van der Waals surface area contributed by atoms with E-state index in [0.717, 1.165) is 28.4 Å². The highest BCUT2D eigenvalue weighted by Crippen LogP contribution is 2.31. The minimum atomic E-state index is -1.41. The Morgan fingerprint density at radius 1 is 0.968 bits per heavy atom. The zero-order chi connectivity index (χ0) is 22.1. The molecule has 0 aliphatic carbocycles. The predicted molar refractivity (Wildman–Crippen MR) is 109 cm³/mol. The maximum Gasteiger partial charge on any atom is 0.191 e. The Balaban J connectivity index is 1.78. The first-order valence-corrected chi connectivity index (χ1v) is 9.27. The van der Waals surface area contributed by atoms with Crippen molar-refractivity contribution in [2.24, 2.45) is 0 Å². The molecule has 2 aromatic heterocycles. The van der Waals surface area contributed by atoms with Crippen LogP contribution in [0.15, 0.2) is 48.7 Å². The molecule has 2 aromatic carbocycles. The van der Waals surface area contributed by atoms with Crippen LogP contribution in [0.5, 0.6) is 0 Å². The van der Waals surface area contributed by atoms with Crippen LogP contribution in [0, 0.1) is 17.5 Å². The normalized spacial score (nSPS) is 11.3. The summed E-state index contributed by atoms with van der Waals surface area (Å²) < 4.78 is 43.1. The summed E-state index contributed by atoms with van der Waals surface area (Å²) in [7, 11) is 3.97. The van der Waals surface area contributed by atoms with Crippen molar-refractivity contribution in [3.05, 3.63) is 71.7 Å². The van der Waals surface area contributed by atoms with Gasteiger partial charge in [0.2, 0.25) is 0 Å². The van der Waals surface area contributed by atoms with Crippen molar-refractivity contribution >= 4 is 5.82 Å². The van der Waals surface area contributed by atoms with E-state index in [2.05, 4.69) is 25.4 Å². The molecule has 0 amide bonds. The maximum atomic E-state index is 14.3. The zero-order valence-corrected chi connectivity index (χ0v) is 16.7. The maximum absolute atomic E-state index is 14.3. The fourth-order valence-electron chi connectivity index (χ4n) is 3.20. The van der Waals surface area contributed by atoms with E-state index in [4.69, 9.17) is 5.73 Å². The van der Waals surface area contributed by atoms with E-state index < -0.39 is 23.1 Å². The molecule has 0 aliphatic rings. The van der Waals surface area contributed by atoms with Crippen LogP contribution < -0.4 is 5.73 Å². The Kier molecular flexibility index (Phi) is 5.38. The molecule has 4 aromatic rings. The average molecular weight is 425 g/mol. The van der Waals surface area contributed by atoms with Gasteiger partial charge in [0.15, 0.2) is 23.3 Å². The molecule has 31 heavy (non-hydrogen) atoms. The van der Waals surface area contributed by atoms with Crippen molar-refractivity contribution in [2.75, 3.05) is 19.8 Å². The van der Waals surface area contributed by atoms with E-state index >= 15 is 0 Å². The van der Waals surface area contributed by atoms with Crippen LogP contribution in [0.3, 0.4) is 0 Å². The Morgan fingerprint density at radius 3 is 2.39 bits per heavy atom. The molecule has 0 aliphatic heterocycles. The third-order valence-corrected chi connectivity index (χ3v) is 4.65. The minimum absolute atomic E-state index is 0.0567. The third-order valence-electron chi connectivity index (χ3n) is 4.65. The summed E-state index contributed by atoms with van der Waals surface area (Å²) in [5.41, 5.74) is 8.22. The lowest BCUT2D eigenvalue weighted by Crippen LogP contribution is -2.10. The van der Waals surface area contributed by atoms with Crippen molar-refractivity contribution in [1.29, 1.82) is 0 Å². The Labute approximate surface area is 175 Å². The number of tetrazole rings is 1. The highest BCUT2D eigenvalue weighted by atomic mass is 19.2. The van der Waals surface area contributed by atoms with Crippen LogP contribution >= 0.6 is 0 Å². The molecule has 0 fully saturated rings. The quantitative estimate of drug-likeness (QED) is 0.493. The van der Waals surface area contributed by atoms with Crippen molar-refractivity contribution in [1.82, 2.24) is 30.1 Å². The summed E-state index contributed by atoms with van der Waals surface area (Å²) in [4.78, 5) is 6.24. The van der Waals surface area contributed by atoms with Crippen LogP contribution in [0.1, 0.15) is 5.56 Å². The van der Waals surface area contributed by atoms with Crippen LogP contribution in [-0.4, -0.2) is 44.2 Å². The molecular weight excluding hydrogens is 407 g/mol. The van der Waals surface area contributed by atoms with Gasteiger partial charge in [0.05, 0.1) is 5.56 Å². The van der Waals surface area contributed by atoms with E-state index in [0.29, 0.717) is 11.6 Å². The van der Waals surface area contributed by atoms with E-state index in [1.165, 1.54) is 0 Å². The van der Waals surface area contributed by atoms with Crippen LogP contribution in [0.2, 0.25) is 0 Å². The van der Waals surface area contributed by atoms with Crippen LogP contribution in [0.4, 0.5) is 19.0 Å². The van der Waals surface area contributed by atoms with Gasteiger partial charge in [-0.25, -0.2) is 18.2 Å². The second kappa shape index (κ2) is 8.15. The van der Waals surface area contributed by atoms with E-state index in [9.17, 15) is 13.2 Å². The van der Waals surface area contributed by atoms with Gasteiger partial charge in [-0.3, -0.25) is 0 Å². The Bertz CT molecular complexity index is 1240. The summed E-state index contributed by atoms with van der Waals surface area (Å²) in [5, 5.41) is 11.0. The number of halogens is 3. The molecule has 0 spiro atoms. The third kappa shape index (κ3) is 3.97. The first kappa shape index (κ1) is 20.5. The summed E-state index contributed by atoms with van der Waals surface area (Å²) in [5.74, 6) is -3.67. The number of hydrogen-bond donors (Lipinski definition) is 1. The standard InChI is InChI=1S/C21H18F3N7/c1-30(2)11-12-3-5-13(6-4-12)14-9-15(20(25)26-10-14)21-27-28-29-31(21)19-17(23)8-7-16(22)18(19)24/h3-10H,11H2,1-2H3,(H2,25,26). The monoisotopic (exact) mass is 425 g/mol. The summed E-state index contributed by atoms with van der Waals surface area (Å²) in [6.45, 7) is 0.797. The molecule has 158 valence electrons. The summed E-state index contributed by atoms with van der Waals surface area (Å²) >= 11 is 0. The zero-order valence-electron chi connectivity index (χ0n) is 16.7. The number of benzene rings is 2. The summed E-state index contributed by atoms with van der Waals surface area (Å²) in [6, 6.07) is 11.0. The molecule has 0 radical (unpaired) electrons. The second-order valence-corrected chi connectivity index (χ2v) is 7.20. The van der Waals surface area contributed by atoms with Crippen molar-refractivity contribution in [2.45, 2.75) is 6.54 Å². The van der Waals surface area contributed by atoms with Gasteiger partial charge < -0.3 is 10.6 Å². The average Bonchev–Trinajstić information content (AvgIpc) is 3.21. The molecule has 0 saturated carbocycles. The van der Waals surface area contributed by atoms with Crippen molar-refractivity contribution in [3.8, 4) is 28.2 Å². The lowest BCUT2D eigenvalue weighted by atomic mass is 10.0. The van der Waals surface area contributed by atoms with E-state index in [1.807, 2.05) is 38.4 Å². The van der Waals surface area contributed by atoms with Crippen molar-refractivity contribution < 1.29 is 13.2 Å². The number of rotatable bonds is 5. The minimum Gasteiger partial charge on any atom is -0.383 e. The first-order valence-electron chi connectivity index (χ1n) is 9.27. The lowest BCUT2D eigenvalue weighted by Gasteiger charge is -2.12. The Morgan fingerprint density at radius 2 is 1.68 bits per heavy atom. The molecule has 0 atom stereocenters. The topological polar surface area (TPSA) is 85.8 Å². The number of nitrogens with zero attached hydrogens (tertiary/aromatic N) is 6. The van der Waals surface area contributed by atoms with Gasteiger partial charge in [0.1, 0.15) is 11.5 Å². The van der Waals surface area contributed by atoms with E-state index in [1.54, 1.807) is 12.3 Å². The molecular formula is C21H18F3N7. The van der Waals surface area contributed by atoms with Gasteiger partial charge in [-0.1, -0.05) is 24.3 Å². The van der Waals surface area contributed by atoms with Gasteiger partial charge in [-0.2, -0.15) is 4.68 Å². The largest absolute Gasteiger partial charge is 0.383 e. The van der Waals surface area contributed by atoms with Crippen LogP contribution in [0.25, 0.3) is 28.2 Å². The lowest BCUT2D eigenvalue weighted by molar-refractivity contribution is 0.402. The second-order valence-electron chi connectivity index (χ2n) is 7.20. The van der Waals surface area contributed by atoms with Crippen molar-refractivity contribution in [3.63, 3.8) is 0 Å². The molecule has 2 N–H and O–H groups in total. The highest BCUT2D eigenvalue weighted by Gasteiger charge is 2.23.